The predicted octanol–water partition coefficient (Wildman–Crippen LogP) is 2.13. The number of benzene rings is 1. The number of halogens is 1. The van der Waals surface area contributed by atoms with Gasteiger partial charge in [0.15, 0.2) is 11.5 Å². The maximum absolute atomic E-state index is 13.8. The quantitative estimate of drug-likeness (QED) is 0.654. The monoisotopic (exact) mass is 258 g/mol. The molecule has 2 aromatic heterocycles. The average Bonchev–Trinajstić information content (AvgIpc) is 2.81. The van der Waals surface area contributed by atoms with E-state index in [2.05, 4.69) is 25.3 Å². The van der Waals surface area contributed by atoms with Crippen molar-refractivity contribution >= 4 is 28.6 Å². The highest BCUT2D eigenvalue weighted by atomic mass is 19.1. The van der Waals surface area contributed by atoms with Crippen LogP contribution in [0, 0.1) is 12.7 Å². The van der Waals surface area contributed by atoms with Crippen molar-refractivity contribution in [3.63, 3.8) is 0 Å². The molecule has 0 unspecified atom stereocenters. The number of nitrogen functional groups attached to an aromatic ring is 1. The van der Waals surface area contributed by atoms with Gasteiger partial charge in [0.2, 0.25) is 5.95 Å². The summed E-state index contributed by atoms with van der Waals surface area (Å²) < 4.78 is 13.8. The first-order chi connectivity index (χ1) is 9.15. The van der Waals surface area contributed by atoms with Gasteiger partial charge in [-0.25, -0.2) is 9.37 Å². The number of H-pyrrole nitrogens is 1. The minimum absolute atomic E-state index is 0.0797. The number of aryl methyl sites for hydroxylation is 1. The molecule has 7 heteroatoms. The highest BCUT2D eigenvalue weighted by Gasteiger charge is 2.12. The number of anilines is 3. The Morgan fingerprint density at radius 3 is 2.95 bits per heavy atom. The highest BCUT2D eigenvalue weighted by molar-refractivity contribution is 5.86. The molecule has 0 aliphatic rings. The highest BCUT2D eigenvalue weighted by Crippen LogP contribution is 2.26. The molecule has 0 aliphatic carbocycles. The molecule has 0 fully saturated rings. The van der Waals surface area contributed by atoms with Gasteiger partial charge < -0.3 is 16.0 Å². The zero-order chi connectivity index (χ0) is 13.4. The van der Waals surface area contributed by atoms with Crippen molar-refractivity contribution in [2.75, 3.05) is 11.1 Å². The van der Waals surface area contributed by atoms with Crippen molar-refractivity contribution in [2.45, 2.75) is 6.92 Å². The predicted molar refractivity (Wildman–Crippen MR) is 70.5 cm³/mol. The lowest BCUT2D eigenvalue weighted by Gasteiger charge is -2.10. The number of imidazole rings is 1. The number of fused-ring (bicyclic) bond motifs is 1. The minimum atomic E-state index is -0.357. The second-order valence-corrected chi connectivity index (χ2v) is 4.09. The molecule has 0 saturated carbocycles. The first-order valence-corrected chi connectivity index (χ1v) is 5.64. The molecular formula is C12H11FN6. The summed E-state index contributed by atoms with van der Waals surface area (Å²) in [6.45, 7) is 1.81. The number of nitrogens with one attached hydrogen (secondary N) is 2. The normalized spacial score (nSPS) is 10.8. The molecule has 3 rings (SSSR count). The van der Waals surface area contributed by atoms with Crippen LogP contribution in [0.3, 0.4) is 0 Å². The molecule has 4 N–H and O–H groups in total. The maximum atomic E-state index is 13.8. The van der Waals surface area contributed by atoms with Crippen LogP contribution in [0.1, 0.15) is 5.56 Å². The van der Waals surface area contributed by atoms with Gasteiger partial charge in [-0.3, -0.25) is 0 Å². The second kappa shape index (κ2) is 4.20. The van der Waals surface area contributed by atoms with Crippen LogP contribution in [0.15, 0.2) is 24.5 Å². The van der Waals surface area contributed by atoms with Gasteiger partial charge in [0.25, 0.3) is 0 Å². The summed E-state index contributed by atoms with van der Waals surface area (Å²) in [6, 6.07) is 4.83. The van der Waals surface area contributed by atoms with E-state index in [0.29, 0.717) is 22.7 Å². The van der Waals surface area contributed by atoms with E-state index in [1.54, 1.807) is 19.1 Å². The van der Waals surface area contributed by atoms with E-state index in [9.17, 15) is 4.39 Å². The van der Waals surface area contributed by atoms with E-state index >= 15 is 0 Å². The number of aromatic amines is 1. The van der Waals surface area contributed by atoms with Gasteiger partial charge in [0.1, 0.15) is 11.3 Å². The van der Waals surface area contributed by atoms with Gasteiger partial charge in [0.05, 0.1) is 12.0 Å². The molecule has 6 nitrogen and oxygen atoms in total. The number of para-hydroxylation sites is 1. The molecule has 96 valence electrons. The van der Waals surface area contributed by atoms with Crippen molar-refractivity contribution in [1.29, 1.82) is 0 Å². The first-order valence-electron chi connectivity index (χ1n) is 5.64. The van der Waals surface area contributed by atoms with Crippen LogP contribution in [0.25, 0.3) is 11.2 Å². The van der Waals surface area contributed by atoms with Crippen molar-refractivity contribution in [2.24, 2.45) is 0 Å². The Bertz CT molecular complexity index is 731. The van der Waals surface area contributed by atoms with Gasteiger partial charge >= 0.3 is 0 Å². The van der Waals surface area contributed by atoms with E-state index in [-0.39, 0.29) is 11.8 Å². The zero-order valence-electron chi connectivity index (χ0n) is 10.1. The number of nitrogens with two attached hydrogens (primary N) is 1. The topological polar surface area (TPSA) is 92.5 Å². The Morgan fingerprint density at radius 2 is 2.16 bits per heavy atom. The van der Waals surface area contributed by atoms with Gasteiger partial charge in [-0.05, 0) is 18.6 Å². The molecular weight excluding hydrogens is 247 g/mol. The third kappa shape index (κ3) is 1.95. The fourth-order valence-electron chi connectivity index (χ4n) is 1.85. The Balaban J connectivity index is 2.13. The van der Waals surface area contributed by atoms with Crippen molar-refractivity contribution in [3.8, 4) is 0 Å². The number of hydrogen-bond donors (Lipinski definition) is 3. The SMILES string of the molecule is Cc1cccc(F)c1Nc1nc(N)nc2nc[nH]c12. The van der Waals surface area contributed by atoms with Gasteiger partial charge in [-0.1, -0.05) is 12.1 Å². The van der Waals surface area contributed by atoms with Gasteiger partial charge in [0, 0.05) is 0 Å². The van der Waals surface area contributed by atoms with Crippen molar-refractivity contribution in [3.05, 3.63) is 35.9 Å². The van der Waals surface area contributed by atoms with Gasteiger partial charge in [-0.2, -0.15) is 9.97 Å². The van der Waals surface area contributed by atoms with Crippen LogP contribution in [-0.2, 0) is 0 Å². The van der Waals surface area contributed by atoms with Crippen molar-refractivity contribution < 1.29 is 4.39 Å². The number of aromatic nitrogens is 4. The van der Waals surface area contributed by atoms with Crippen LogP contribution in [0.4, 0.5) is 21.8 Å². The van der Waals surface area contributed by atoms with Crippen LogP contribution >= 0.6 is 0 Å². The lowest BCUT2D eigenvalue weighted by molar-refractivity contribution is 0.631. The Kier molecular flexibility index (Phi) is 2.52. The standard InChI is InChI=1S/C12H11FN6/c1-6-3-2-4-7(13)8(6)17-11-9-10(16-5-15-9)18-12(14)19-11/h2-5H,1H3,(H4,14,15,16,17,18,19). The number of hydrogen-bond acceptors (Lipinski definition) is 5. The number of nitrogens with zero attached hydrogens (tertiary/aromatic N) is 3. The summed E-state index contributed by atoms with van der Waals surface area (Å²) in [7, 11) is 0. The molecule has 0 spiro atoms. The molecule has 0 saturated heterocycles. The molecule has 0 bridgehead atoms. The Morgan fingerprint density at radius 1 is 1.32 bits per heavy atom. The van der Waals surface area contributed by atoms with Crippen LogP contribution in [0.5, 0.6) is 0 Å². The number of rotatable bonds is 2. The van der Waals surface area contributed by atoms with E-state index in [0.717, 1.165) is 5.56 Å². The van der Waals surface area contributed by atoms with Gasteiger partial charge in [-0.15, -0.1) is 0 Å². The lowest BCUT2D eigenvalue weighted by atomic mass is 10.2. The van der Waals surface area contributed by atoms with Crippen molar-refractivity contribution in [1.82, 2.24) is 19.9 Å². The average molecular weight is 258 g/mol. The van der Waals surface area contributed by atoms with E-state index < -0.39 is 0 Å². The molecule has 19 heavy (non-hydrogen) atoms. The summed E-state index contributed by atoms with van der Waals surface area (Å²) >= 11 is 0. The third-order valence-electron chi connectivity index (χ3n) is 2.77. The Hall–Kier alpha value is -2.70. The molecule has 1 aromatic carbocycles. The minimum Gasteiger partial charge on any atom is -0.368 e. The zero-order valence-corrected chi connectivity index (χ0v) is 10.1. The fraction of sp³-hybridized carbons (Fsp3) is 0.0833. The molecule has 0 atom stereocenters. The van der Waals surface area contributed by atoms with Crippen LogP contribution in [-0.4, -0.2) is 19.9 Å². The smallest absolute Gasteiger partial charge is 0.224 e. The molecule has 2 heterocycles. The second-order valence-electron chi connectivity index (χ2n) is 4.09. The fourth-order valence-corrected chi connectivity index (χ4v) is 1.85. The summed E-state index contributed by atoms with van der Waals surface area (Å²) in [5, 5.41) is 2.93. The molecule has 0 radical (unpaired) electrons. The summed E-state index contributed by atoms with van der Waals surface area (Å²) in [5.41, 5.74) is 7.74. The Labute approximate surface area is 107 Å². The third-order valence-corrected chi connectivity index (χ3v) is 2.77. The lowest BCUT2D eigenvalue weighted by Crippen LogP contribution is -2.03. The van der Waals surface area contributed by atoms with Crippen LogP contribution < -0.4 is 11.1 Å². The molecule has 0 aliphatic heterocycles. The summed E-state index contributed by atoms with van der Waals surface area (Å²) in [5.74, 6) is 0.120. The van der Waals surface area contributed by atoms with E-state index in [1.807, 2.05) is 0 Å². The summed E-state index contributed by atoms with van der Waals surface area (Å²) in [6.07, 6.45) is 1.48. The van der Waals surface area contributed by atoms with Crippen LogP contribution in [0.2, 0.25) is 0 Å². The molecule has 0 amide bonds. The van der Waals surface area contributed by atoms with E-state index in [1.165, 1.54) is 12.4 Å². The summed E-state index contributed by atoms with van der Waals surface area (Å²) in [4.78, 5) is 14.9. The molecule has 3 aromatic rings. The first kappa shape index (κ1) is 11.4. The largest absolute Gasteiger partial charge is 0.368 e. The van der Waals surface area contributed by atoms with E-state index in [4.69, 9.17) is 5.73 Å². The maximum Gasteiger partial charge on any atom is 0.224 e.